The summed E-state index contributed by atoms with van der Waals surface area (Å²) < 4.78 is 5.05. The molecule has 0 aliphatic carbocycles. The van der Waals surface area contributed by atoms with Gasteiger partial charge in [-0.1, -0.05) is 29.3 Å². The number of hydrogen-bond donors (Lipinski definition) is 2. The van der Waals surface area contributed by atoms with Crippen molar-refractivity contribution in [2.75, 3.05) is 12.4 Å². The molecule has 0 radical (unpaired) electrons. The molecule has 2 amide bonds. The van der Waals surface area contributed by atoms with Crippen LogP contribution in [0.5, 0.6) is 5.75 Å². The van der Waals surface area contributed by atoms with Gasteiger partial charge in [0.1, 0.15) is 11.7 Å². The molecular formula is C18H17Cl2N3O3. The van der Waals surface area contributed by atoms with E-state index in [9.17, 15) is 9.59 Å². The van der Waals surface area contributed by atoms with Gasteiger partial charge in [0, 0.05) is 16.3 Å². The number of halogens is 2. The maximum atomic E-state index is 12.1. The first-order valence-electron chi connectivity index (χ1n) is 7.63. The van der Waals surface area contributed by atoms with Gasteiger partial charge in [-0.05, 0) is 43.3 Å². The van der Waals surface area contributed by atoms with E-state index in [1.807, 2.05) is 0 Å². The summed E-state index contributed by atoms with van der Waals surface area (Å²) in [6.07, 6.45) is 1.38. The molecule has 2 aromatic rings. The molecule has 6 nitrogen and oxygen atoms in total. The molecule has 0 aliphatic rings. The van der Waals surface area contributed by atoms with Crippen LogP contribution >= 0.6 is 23.2 Å². The minimum atomic E-state index is -0.935. The van der Waals surface area contributed by atoms with E-state index in [1.54, 1.807) is 49.6 Å². The predicted octanol–water partition coefficient (Wildman–Crippen LogP) is 3.73. The number of benzene rings is 2. The van der Waals surface area contributed by atoms with Crippen LogP contribution in [0.2, 0.25) is 10.0 Å². The molecule has 0 fully saturated rings. The molecule has 26 heavy (non-hydrogen) atoms. The van der Waals surface area contributed by atoms with Crippen molar-refractivity contribution in [3.63, 3.8) is 0 Å². The summed E-state index contributed by atoms with van der Waals surface area (Å²) in [4.78, 5) is 24.2. The first kappa shape index (κ1) is 19.8. The summed E-state index contributed by atoms with van der Waals surface area (Å²) in [6, 6.07) is 11.7. The number of anilines is 1. The summed E-state index contributed by atoms with van der Waals surface area (Å²) >= 11 is 11.8. The third kappa shape index (κ3) is 5.47. The minimum absolute atomic E-state index is 0.404. The van der Waals surface area contributed by atoms with Gasteiger partial charge in [0.2, 0.25) is 5.91 Å². The number of carbonyl (C=O) groups is 2. The average molecular weight is 394 g/mol. The molecular weight excluding hydrogens is 377 g/mol. The van der Waals surface area contributed by atoms with Crippen LogP contribution < -0.4 is 15.5 Å². The SMILES string of the molecule is COc1ccc(NC(=O)C(C)C(=O)NN=Cc2ccc(Cl)cc2Cl)cc1. The molecule has 0 saturated heterocycles. The fraction of sp³-hybridized carbons (Fsp3) is 0.167. The highest BCUT2D eigenvalue weighted by Gasteiger charge is 2.21. The third-order valence-corrected chi connectivity index (χ3v) is 4.05. The Hall–Kier alpha value is -2.57. The Labute approximate surface area is 161 Å². The maximum absolute atomic E-state index is 12.1. The molecule has 0 saturated carbocycles. The fourth-order valence-electron chi connectivity index (χ4n) is 1.91. The number of nitrogens with one attached hydrogen (secondary N) is 2. The van der Waals surface area contributed by atoms with Gasteiger partial charge < -0.3 is 10.1 Å². The zero-order chi connectivity index (χ0) is 19.1. The Morgan fingerprint density at radius 2 is 1.81 bits per heavy atom. The minimum Gasteiger partial charge on any atom is -0.497 e. The van der Waals surface area contributed by atoms with Gasteiger partial charge in [-0.3, -0.25) is 9.59 Å². The Morgan fingerprint density at radius 1 is 1.12 bits per heavy atom. The second-order valence-electron chi connectivity index (χ2n) is 5.34. The number of hydrogen-bond acceptors (Lipinski definition) is 4. The molecule has 0 bridgehead atoms. The van der Waals surface area contributed by atoms with Crippen molar-refractivity contribution in [3.8, 4) is 5.75 Å². The highest BCUT2D eigenvalue weighted by molar-refractivity contribution is 6.36. The number of rotatable bonds is 6. The normalized spacial score (nSPS) is 11.8. The molecule has 0 spiro atoms. The lowest BCUT2D eigenvalue weighted by atomic mass is 10.1. The van der Waals surface area contributed by atoms with Gasteiger partial charge in [-0.15, -0.1) is 0 Å². The monoisotopic (exact) mass is 393 g/mol. The zero-order valence-electron chi connectivity index (χ0n) is 14.1. The number of carbonyl (C=O) groups excluding carboxylic acids is 2. The Kier molecular flexibility index (Phi) is 7.00. The van der Waals surface area contributed by atoms with Crippen molar-refractivity contribution in [2.24, 2.45) is 11.0 Å². The van der Waals surface area contributed by atoms with Crippen molar-refractivity contribution in [2.45, 2.75) is 6.92 Å². The average Bonchev–Trinajstić information content (AvgIpc) is 2.63. The molecule has 2 rings (SSSR count). The standard InChI is InChI=1S/C18H17Cl2N3O3/c1-11(17(24)22-14-5-7-15(26-2)8-6-14)18(25)23-21-10-12-3-4-13(19)9-16(12)20/h3-11H,1-2H3,(H,22,24)(H,23,25). The Morgan fingerprint density at radius 3 is 2.42 bits per heavy atom. The smallest absolute Gasteiger partial charge is 0.252 e. The number of nitrogens with zero attached hydrogens (tertiary/aromatic N) is 1. The van der Waals surface area contributed by atoms with Gasteiger partial charge in [0.05, 0.1) is 18.3 Å². The van der Waals surface area contributed by atoms with Crippen LogP contribution in [0.1, 0.15) is 12.5 Å². The quantitative estimate of drug-likeness (QED) is 0.445. The van der Waals surface area contributed by atoms with E-state index in [0.29, 0.717) is 27.0 Å². The predicted molar refractivity (Wildman–Crippen MR) is 103 cm³/mol. The van der Waals surface area contributed by atoms with Crippen molar-refractivity contribution in [3.05, 3.63) is 58.1 Å². The van der Waals surface area contributed by atoms with Crippen molar-refractivity contribution in [1.29, 1.82) is 0 Å². The molecule has 8 heteroatoms. The molecule has 1 atom stereocenters. The lowest BCUT2D eigenvalue weighted by Crippen LogP contribution is -2.34. The van der Waals surface area contributed by atoms with E-state index < -0.39 is 17.7 Å². The molecule has 0 heterocycles. The molecule has 2 N–H and O–H groups in total. The van der Waals surface area contributed by atoms with Crippen LogP contribution in [0.3, 0.4) is 0 Å². The number of ether oxygens (including phenoxy) is 1. The highest BCUT2D eigenvalue weighted by atomic mass is 35.5. The Bertz CT molecular complexity index is 823. The molecule has 2 aromatic carbocycles. The van der Waals surface area contributed by atoms with Crippen LogP contribution in [0.15, 0.2) is 47.6 Å². The first-order chi connectivity index (χ1) is 12.4. The topological polar surface area (TPSA) is 79.8 Å². The zero-order valence-corrected chi connectivity index (χ0v) is 15.6. The summed E-state index contributed by atoms with van der Waals surface area (Å²) in [5.41, 5.74) is 3.47. The van der Waals surface area contributed by atoms with Gasteiger partial charge >= 0.3 is 0 Å². The molecule has 136 valence electrons. The van der Waals surface area contributed by atoms with Gasteiger partial charge in [0.15, 0.2) is 0 Å². The van der Waals surface area contributed by atoms with Crippen LogP contribution in [-0.2, 0) is 9.59 Å². The first-order valence-corrected chi connectivity index (χ1v) is 8.39. The van der Waals surface area contributed by atoms with Crippen molar-refractivity contribution in [1.82, 2.24) is 5.43 Å². The summed E-state index contributed by atoms with van der Waals surface area (Å²) in [7, 11) is 1.55. The summed E-state index contributed by atoms with van der Waals surface area (Å²) in [5.74, 6) is -1.26. The van der Waals surface area contributed by atoms with E-state index in [0.717, 1.165) is 0 Å². The van der Waals surface area contributed by atoms with E-state index in [1.165, 1.54) is 13.1 Å². The van der Waals surface area contributed by atoms with E-state index >= 15 is 0 Å². The van der Waals surface area contributed by atoms with Crippen LogP contribution in [-0.4, -0.2) is 25.1 Å². The molecule has 0 aliphatic heterocycles. The van der Waals surface area contributed by atoms with Gasteiger partial charge in [-0.2, -0.15) is 5.10 Å². The Balaban J connectivity index is 1.91. The van der Waals surface area contributed by atoms with E-state index in [2.05, 4.69) is 15.8 Å². The number of methoxy groups -OCH3 is 1. The molecule has 1 unspecified atom stereocenters. The number of amides is 2. The van der Waals surface area contributed by atoms with Gasteiger partial charge in [0.25, 0.3) is 5.91 Å². The fourth-order valence-corrected chi connectivity index (χ4v) is 2.37. The second kappa shape index (κ2) is 9.22. The second-order valence-corrected chi connectivity index (χ2v) is 6.18. The van der Waals surface area contributed by atoms with E-state index in [4.69, 9.17) is 27.9 Å². The molecule has 0 aromatic heterocycles. The van der Waals surface area contributed by atoms with Crippen LogP contribution in [0.25, 0.3) is 0 Å². The third-order valence-electron chi connectivity index (χ3n) is 3.48. The van der Waals surface area contributed by atoms with Gasteiger partial charge in [-0.25, -0.2) is 5.43 Å². The van der Waals surface area contributed by atoms with Crippen LogP contribution in [0, 0.1) is 5.92 Å². The summed E-state index contributed by atoms with van der Waals surface area (Å²) in [5, 5.41) is 7.37. The van der Waals surface area contributed by atoms with E-state index in [-0.39, 0.29) is 0 Å². The highest BCUT2D eigenvalue weighted by Crippen LogP contribution is 2.19. The summed E-state index contributed by atoms with van der Waals surface area (Å²) in [6.45, 7) is 1.49. The largest absolute Gasteiger partial charge is 0.497 e. The van der Waals surface area contributed by atoms with Crippen molar-refractivity contribution < 1.29 is 14.3 Å². The van der Waals surface area contributed by atoms with Crippen LogP contribution in [0.4, 0.5) is 5.69 Å². The maximum Gasteiger partial charge on any atom is 0.252 e. The lowest BCUT2D eigenvalue weighted by Gasteiger charge is -2.11. The lowest BCUT2D eigenvalue weighted by molar-refractivity contribution is -0.131. The number of hydrazone groups is 1. The van der Waals surface area contributed by atoms with Crippen molar-refractivity contribution >= 4 is 46.9 Å².